The van der Waals surface area contributed by atoms with E-state index in [0.717, 1.165) is 24.1 Å². The maximum atomic E-state index is 13.1. The van der Waals surface area contributed by atoms with E-state index in [4.69, 9.17) is 8.94 Å². The van der Waals surface area contributed by atoms with Gasteiger partial charge in [-0.1, -0.05) is 19.0 Å². The lowest BCUT2D eigenvalue weighted by Gasteiger charge is -2.31. The van der Waals surface area contributed by atoms with E-state index in [2.05, 4.69) is 15.4 Å². The van der Waals surface area contributed by atoms with Gasteiger partial charge < -0.3 is 13.8 Å². The molecular weight excluding hydrogens is 364 g/mol. The molecule has 0 aliphatic carbocycles. The van der Waals surface area contributed by atoms with Crippen molar-refractivity contribution in [2.45, 2.75) is 45.4 Å². The molecule has 0 saturated carbocycles. The topological polar surface area (TPSA) is 85.3 Å². The van der Waals surface area contributed by atoms with Crippen molar-refractivity contribution in [2.24, 2.45) is 0 Å². The summed E-state index contributed by atoms with van der Waals surface area (Å²) in [6, 6.07) is 1.96. The summed E-state index contributed by atoms with van der Waals surface area (Å²) in [5.74, 6) is 1.85. The van der Waals surface area contributed by atoms with E-state index in [1.807, 2.05) is 35.6 Å². The van der Waals surface area contributed by atoms with E-state index >= 15 is 0 Å². The molecule has 8 heteroatoms. The molecule has 27 heavy (non-hydrogen) atoms. The molecule has 3 aromatic heterocycles. The van der Waals surface area contributed by atoms with Crippen LogP contribution in [-0.4, -0.2) is 39.3 Å². The van der Waals surface area contributed by atoms with Crippen molar-refractivity contribution in [3.63, 3.8) is 0 Å². The number of hydrogen-bond donors (Lipinski definition) is 0. The van der Waals surface area contributed by atoms with E-state index in [1.54, 1.807) is 18.3 Å². The standard InChI is InChI=1S/C19H22N4O3S/c1-11(2)16-15(12(3)26-22-16)19(24)23-7-4-5-13(9-23)17-20-21-18(25-17)14-6-8-27-10-14/h6,8,10-11,13H,4-5,7,9H2,1-3H3/t13-/m1/s1. The van der Waals surface area contributed by atoms with Gasteiger partial charge in [-0.25, -0.2) is 0 Å². The molecule has 142 valence electrons. The highest BCUT2D eigenvalue weighted by Gasteiger charge is 2.32. The number of rotatable bonds is 4. The summed E-state index contributed by atoms with van der Waals surface area (Å²) in [4.78, 5) is 15.0. The number of carbonyl (C=O) groups excluding carboxylic acids is 1. The van der Waals surface area contributed by atoms with Crippen LogP contribution in [0.4, 0.5) is 0 Å². The quantitative estimate of drug-likeness (QED) is 0.667. The lowest BCUT2D eigenvalue weighted by molar-refractivity contribution is 0.0695. The first kappa shape index (κ1) is 17.9. The fourth-order valence-corrected chi connectivity index (χ4v) is 4.10. The van der Waals surface area contributed by atoms with Crippen LogP contribution in [0.3, 0.4) is 0 Å². The second-order valence-electron chi connectivity index (χ2n) is 7.20. The van der Waals surface area contributed by atoms with E-state index in [0.29, 0.717) is 36.2 Å². The SMILES string of the molecule is Cc1onc(C(C)C)c1C(=O)N1CCC[C@@H](c2nnc(-c3ccsc3)o2)C1. The minimum atomic E-state index is -0.0280. The molecule has 1 atom stereocenters. The van der Waals surface area contributed by atoms with Gasteiger partial charge in [-0.3, -0.25) is 4.79 Å². The molecule has 1 amide bonds. The van der Waals surface area contributed by atoms with Crippen molar-refractivity contribution in [2.75, 3.05) is 13.1 Å². The second kappa shape index (κ2) is 7.26. The van der Waals surface area contributed by atoms with Gasteiger partial charge in [0, 0.05) is 24.0 Å². The molecule has 4 rings (SSSR count). The Morgan fingerprint density at radius 3 is 2.96 bits per heavy atom. The minimum Gasteiger partial charge on any atom is -0.420 e. The lowest BCUT2D eigenvalue weighted by atomic mass is 9.96. The normalized spacial score (nSPS) is 17.6. The maximum absolute atomic E-state index is 13.1. The van der Waals surface area contributed by atoms with Crippen LogP contribution in [-0.2, 0) is 0 Å². The molecule has 0 bridgehead atoms. The summed E-state index contributed by atoms with van der Waals surface area (Å²) < 4.78 is 11.2. The molecule has 7 nitrogen and oxygen atoms in total. The van der Waals surface area contributed by atoms with Gasteiger partial charge in [0.15, 0.2) is 0 Å². The number of aryl methyl sites for hydroxylation is 1. The first-order chi connectivity index (χ1) is 13.0. The van der Waals surface area contributed by atoms with Crippen LogP contribution in [0.2, 0.25) is 0 Å². The number of carbonyl (C=O) groups is 1. The number of likely N-dealkylation sites (tertiary alicyclic amines) is 1. The van der Waals surface area contributed by atoms with Crippen molar-refractivity contribution in [1.29, 1.82) is 0 Å². The molecule has 0 spiro atoms. The Labute approximate surface area is 161 Å². The summed E-state index contributed by atoms with van der Waals surface area (Å²) in [6.07, 6.45) is 1.82. The Bertz CT molecular complexity index is 929. The average Bonchev–Trinajstić information content (AvgIpc) is 3.41. The molecule has 1 aliphatic rings. The third-order valence-corrected chi connectivity index (χ3v) is 5.60. The van der Waals surface area contributed by atoms with Crippen LogP contribution in [0.1, 0.15) is 66.2 Å². The lowest BCUT2D eigenvalue weighted by Crippen LogP contribution is -2.39. The molecule has 0 N–H and O–H groups in total. The number of thiophene rings is 1. The summed E-state index contributed by atoms with van der Waals surface area (Å²) in [5, 5.41) is 16.4. The predicted octanol–water partition coefficient (Wildman–Crippen LogP) is 4.24. The third-order valence-electron chi connectivity index (χ3n) is 4.92. The van der Waals surface area contributed by atoms with E-state index < -0.39 is 0 Å². The van der Waals surface area contributed by atoms with Crippen LogP contribution in [0.15, 0.2) is 25.8 Å². The molecule has 3 aromatic rings. The Kier molecular flexibility index (Phi) is 4.82. The number of nitrogens with zero attached hydrogens (tertiary/aromatic N) is 4. The van der Waals surface area contributed by atoms with Crippen molar-refractivity contribution in [3.8, 4) is 11.5 Å². The Hall–Kier alpha value is -2.48. The highest BCUT2D eigenvalue weighted by atomic mass is 32.1. The van der Waals surface area contributed by atoms with Gasteiger partial charge in [-0.15, -0.1) is 10.2 Å². The first-order valence-electron chi connectivity index (χ1n) is 9.16. The summed E-state index contributed by atoms with van der Waals surface area (Å²) in [5.41, 5.74) is 2.25. The van der Waals surface area contributed by atoms with Gasteiger partial charge in [0.25, 0.3) is 5.91 Å². The van der Waals surface area contributed by atoms with Gasteiger partial charge in [0.05, 0.1) is 11.6 Å². The summed E-state index contributed by atoms with van der Waals surface area (Å²) in [7, 11) is 0. The minimum absolute atomic E-state index is 0.0280. The number of hydrogen-bond acceptors (Lipinski definition) is 7. The Balaban J connectivity index is 1.53. The molecule has 1 saturated heterocycles. The van der Waals surface area contributed by atoms with Gasteiger partial charge in [-0.05, 0) is 37.1 Å². The fraction of sp³-hybridized carbons (Fsp3) is 0.474. The van der Waals surface area contributed by atoms with E-state index in [9.17, 15) is 4.79 Å². The zero-order valence-corrected chi connectivity index (χ0v) is 16.5. The predicted molar refractivity (Wildman–Crippen MR) is 101 cm³/mol. The molecule has 0 aromatic carbocycles. The van der Waals surface area contributed by atoms with Crippen LogP contribution < -0.4 is 0 Å². The van der Waals surface area contributed by atoms with Gasteiger partial charge >= 0.3 is 0 Å². The molecule has 1 aliphatic heterocycles. The van der Waals surface area contributed by atoms with Crippen LogP contribution in [0.5, 0.6) is 0 Å². The fourth-order valence-electron chi connectivity index (χ4n) is 3.47. The number of aromatic nitrogens is 3. The van der Waals surface area contributed by atoms with Gasteiger partial charge in [-0.2, -0.15) is 11.3 Å². The van der Waals surface area contributed by atoms with Crippen molar-refractivity contribution in [3.05, 3.63) is 39.7 Å². The summed E-state index contributed by atoms with van der Waals surface area (Å²) in [6.45, 7) is 7.09. The molecule has 0 unspecified atom stereocenters. The van der Waals surface area contributed by atoms with Crippen molar-refractivity contribution < 1.29 is 13.7 Å². The van der Waals surface area contributed by atoms with Crippen LogP contribution in [0.25, 0.3) is 11.5 Å². The number of amides is 1. The highest BCUT2D eigenvalue weighted by Crippen LogP contribution is 2.31. The van der Waals surface area contributed by atoms with Gasteiger partial charge in [0.2, 0.25) is 11.8 Å². The number of piperidine rings is 1. The largest absolute Gasteiger partial charge is 0.420 e. The first-order valence-corrected chi connectivity index (χ1v) is 10.1. The molecule has 1 fully saturated rings. The highest BCUT2D eigenvalue weighted by molar-refractivity contribution is 7.08. The van der Waals surface area contributed by atoms with Gasteiger partial charge in [0.1, 0.15) is 11.3 Å². The van der Waals surface area contributed by atoms with Crippen molar-refractivity contribution >= 4 is 17.2 Å². The van der Waals surface area contributed by atoms with Crippen LogP contribution in [0, 0.1) is 6.92 Å². The van der Waals surface area contributed by atoms with E-state index in [-0.39, 0.29) is 17.7 Å². The second-order valence-corrected chi connectivity index (χ2v) is 7.98. The summed E-state index contributed by atoms with van der Waals surface area (Å²) >= 11 is 1.59. The molecular formula is C19H22N4O3S. The monoisotopic (exact) mass is 386 g/mol. The van der Waals surface area contributed by atoms with Crippen molar-refractivity contribution in [1.82, 2.24) is 20.3 Å². The molecule has 4 heterocycles. The Morgan fingerprint density at radius 1 is 1.37 bits per heavy atom. The average molecular weight is 386 g/mol. The van der Waals surface area contributed by atoms with Crippen LogP contribution >= 0.6 is 11.3 Å². The smallest absolute Gasteiger partial charge is 0.259 e. The zero-order chi connectivity index (χ0) is 19.0. The maximum Gasteiger partial charge on any atom is 0.259 e. The third kappa shape index (κ3) is 3.41. The zero-order valence-electron chi connectivity index (χ0n) is 15.6. The molecule has 0 radical (unpaired) electrons. The van der Waals surface area contributed by atoms with E-state index in [1.165, 1.54) is 0 Å². The Morgan fingerprint density at radius 2 is 2.22 bits per heavy atom.